The number of nitrogens with zero attached hydrogens (tertiary/aromatic N) is 1. The molecule has 1 saturated heterocycles. The van der Waals surface area contributed by atoms with E-state index in [-0.39, 0.29) is 6.04 Å². The molecular weight excluding hydrogens is 236 g/mol. The summed E-state index contributed by atoms with van der Waals surface area (Å²) in [7, 11) is 0. The third kappa shape index (κ3) is 2.54. The number of hydrogen-bond acceptors (Lipinski definition) is 2. The highest BCUT2D eigenvalue weighted by atomic mass is 16.2. The van der Waals surface area contributed by atoms with Crippen molar-refractivity contribution >= 4 is 5.91 Å². The number of hydrogen-bond donors (Lipinski definition) is 1. The number of unbranched alkanes of at least 4 members (excludes halogenated alkanes) is 1. The molecule has 2 saturated carbocycles. The van der Waals surface area contributed by atoms with Crippen molar-refractivity contribution in [3.05, 3.63) is 0 Å². The average Bonchev–Trinajstić information content (AvgIpc) is 3.28. The Kier molecular flexibility index (Phi) is 3.59. The van der Waals surface area contributed by atoms with E-state index >= 15 is 0 Å². The molecule has 0 aromatic heterocycles. The maximum atomic E-state index is 12.6. The van der Waals surface area contributed by atoms with Gasteiger partial charge in [-0.05, 0) is 49.9 Å². The minimum Gasteiger partial charge on any atom is -0.325 e. The maximum absolute atomic E-state index is 12.6. The number of nitrogens with one attached hydrogen (secondary N) is 1. The van der Waals surface area contributed by atoms with E-state index in [1.807, 2.05) is 0 Å². The van der Waals surface area contributed by atoms with Crippen LogP contribution in [0.25, 0.3) is 0 Å². The van der Waals surface area contributed by atoms with E-state index in [1.165, 1.54) is 32.1 Å². The molecule has 3 fully saturated rings. The fourth-order valence-electron chi connectivity index (χ4n) is 3.78. The quantitative estimate of drug-likeness (QED) is 0.767. The van der Waals surface area contributed by atoms with Gasteiger partial charge in [-0.3, -0.25) is 10.1 Å². The molecule has 0 aromatic carbocycles. The number of carbonyl (C=O) groups is 1. The smallest absolute Gasteiger partial charge is 0.241 e. The van der Waals surface area contributed by atoms with Crippen LogP contribution in [0.15, 0.2) is 0 Å². The first-order valence-corrected chi connectivity index (χ1v) is 8.26. The van der Waals surface area contributed by atoms with Crippen molar-refractivity contribution < 1.29 is 4.79 Å². The second kappa shape index (κ2) is 5.08. The van der Waals surface area contributed by atoms with Crippen LogP contribution in [-0.2, 0) is 4.79 Å². The van der Waals surface area contributed by atoms with Crippen molar-refractivity contribution in [2.75, 3.05) is 6.54 Å². The standard InChI is InChI=1S/C16H28N2O/c1-3-5-6-13-15(19)18(14(4-2)17-13)11-16(9-10-16)12-7-8-12/h12-14,17H,3-11H2,1-2H3. The summed E-state index contributed by atoms with van der Waals surface area (Å²) < 4.78 is 0. The predicted octanol–water partition coefficient (Wildman–Crippen LogP) is 2.90. The van der Waals surface area contributed by atoms with Crippen LogP contribution in [0.1, 0.15) is 65.2 Å². The molecule has 2 aliphatic carbocycles. The second-order valence-corrected chi connectivity index (χ2v) is 6.89. The highest BCUT2D eigenvalue weighted by molar-refractivity contribution is 5.84. The van der Waals surface area contributed by atoms with Crippen molar-refractivity contribution in [3.63, 3.8) is 0 Å². The van der Waals surface area contributed by atoms with Gasteiger partial charge >= 0.3 is 0 Å². The predicted molar refractivity (Wildman–Crippen MR) is 76.6 cm³/mol. The summed E-state index contributed by atoms with van der Waals surface area (Å²) in [6.45, 7) is 5.42. The van der Waals surface area contributed by atoms with Crippen molar-refractivity contribution in [1.29, 1.82) is 0 Å². The zero-order chi connectivity index (χ0) is 13.5. The molecule has 0 spiro atoms. The molecule has 3 rings (SSSR count). The molecule has 0 bridgehead atoms. The van der Waals surface area contributed by atoms with E-state index in [4.69, 9.17) is 0 Å². The highest BCUT2D eigenvalue weighted by Gasteiger charge is 2.56. The van der Waals surface area contributed by atoms with Gasteiger partial charge in [0.05, 0.1) is 12.2 Å². The van der Waals surface area contributed by atoms with E-state index in [0.717, 1.165) is 31.7 Å². The molecule has 3 aliphatic rings. The Hall–Kier alpha value is -0.570. The van der Waals surface area contributed by atoms with Crippen LogP contribution < -0.4 is 5.32 Å². The van der Waals surface area contributed by atoms with E-state index in [2.05, 4.69) is 24.1 Å². The fourth-order valence-corrected chi connectivity index (χ4v) is 3.78. The van der Waals surface area contributed by atoms with Gasteiger partial charge in [0.2, 0.25) is 5.91 Å². The molecule has 0 aromatic rings. The molecular formula is C16H28N2O. The lowest BCUT2D eigenvalue weighted by molar-refractivity contribution is -0.131. The third-order valence-electron chi connectivity index (χ3n) is 5.40. The zero-order valence-corrected chi connectivity index (χ0v) is 12.5. The van der Waals surface area contributed by atoms with Gasteiger partial charge in [0.15, 0.2) is 0 Å². The molecule has 1 amide bonds. The molecule has 3 nitrogen and oxygen atoms in total. The normalized spacial score (nSPS) is 32.9. The van der Waals surface area contributed by atoms with Crippen LogP contribution in [-0.4, -0.2) is 29.6 Å². The van der Waals surface area contributed by atoms with Gasteiger partial charge in [0, 0.05) is 6.54 Å². The largest absolute Gasteiger partial charge is 0.325 e. The summed E-state index contributed by atoms with van der Waals surface area (Å²) in [5, 5.41) is 3.56. The summed E-state index contributed by atoms with van der Waals surface area (Å²) in [6, 6.07) is 0.0971. The zero-order valence-electron chi connectivity index (χ0n) is 12.5. The maximum Gasteiger partial charge on any atom is 0.241 e. The number of amides is 1. The Bertz CT molecular complexity index is 347. The van der Waals surface area contributed by atoms with Crippen molar-refractivity contribution in [3.8, 4) is 0 Å². The molecule has 108 valence electrons. The topological polar surface area (TPSA) is 32.3 Å². The molecule has 0 radical (unpaired) electrons. The summed E-state index contributed by atoms with van der Waals surface area (Å²) in [5.41, 5.74) is 0.532. The van der Waals surface area contributed by atoms with Crippen LogP contribution in [0.5, 0.6) is 0 Å². The molecule has 1 heterocycles. The molecule has 1 N–H and O–H groups in total. The Balaban J connectivity index is 1.63. The molecule has 2 unspecified atom stereocenters. The summed E-state index contributed by atoms with van der Waals surface area (Å²) >= 11 is 0. The lowest BCUT2D eigenvalue weighted by Crippen LogP contribution is -2.41. The molecule has 2 atom stereocenters. The van der Waals surface area contributed by atoms with Crippen molar-refractivity contribution in [2.24, 2.45) is 11.3 Å². The molecule has 1 aliphatic heterocycles. The second-order valence-electron chi connectivity index (χ2n) is 6.89. The SMILES string of the molecule is CCCCC1NC(CC)N(CC2(C3CC3)CC2)C1=O. The van der Waals surface area contributed by atoms with E-state index < -0.39 is 0 Å². The van der Waals surface area contributed by atoms with Gasteiger partial charge < -0.3 is 4.90 Å². The third-order valence-corrected chi connectivity index (χ3v) is 5.40. The lowest BCUT2D eigenvalue weighted by atomic mass is 9.99. The van der Waals surface area contributed by atoms with Crippen LogP contribution in [0.2, 0.25) is 0 Å². The van der Waals surface area contributed by atoms with Crippen molar-refractivity contribution in [2.45, 2.75) is 77.4 Å². The van der Waals surface area contributed by atoms with Gasteiger partial charge in [-0.2, -0.15) is 0 Å². The van der Waals surface area contributed by atoms with Crippen LogP contribution in [0.4, 0.5) is 0 Å². The molecule has 19 heavy (non-hydrogen) atoms. The van der Waals surface area contributed by atoms with Crippen molar-refractivity contribution in [1.82, 2.24) is 10.2 Å². The minimum absolute atomic E-state index is 0.0971. The van der Waals surface area contributed by atoms with E-state index in [9.17, 15) is 4.79 Å². The van der Waals surface area contributed by atoms with Crippen LogP contribution in [0, 0.1) is 11.3 Å². The van der Waals surface area contributed by atoms with Gasteiger partial charge in [-0.15, -0.1) is 0 Å². The number of carbonyl (C=O) groups excluding carboxylic acids is 1. The van der Waals surface area contributed by atoms with Gasteiger partial charge in [0.25, 0.3) is 0 Å². The Labute approximate surface area is 117 Å². The van der Waals surface area contributed by atoms with Gasteiger partial charge in [-0.1, -0.05) is 26.7 Å². The van der Waals surface area contributed by atoms with E-state index in [0.29, 0.717) is 17.5 Å². The highest BCUT2D eigenvalue weighted by Crippen LogP contribution is 2.61. The van der Waals surface area contributed by atoms with Crippen LogP contribution in [0.3, 0.4) is 0 Å². The minimum atomic E-state index is 0.0971. The molecule has 3 heteroatoms. The summed E-state index contributed by atoms with van der Waals surface area (Å²) in [6.07, 6.45) is 10.2. The Morgan fingerprint density at radius 1 is 1.32 bits per heavy atom. The lowest BCUT2D eigenvalue weighted by Gasteiger charge is -2.28. The Morgan fingerprint density at radius 3 is 2.58 bits per heavy atom. The van der Waals surface area contributed by atoms with Gasteiger partial charge in [-0.25, -0.2) is 0 Å². The first kappa shape index (κ1) is 13.4. The first-order chi connectivity index (χ1) is 9.20. The van der Waals surface area contributed by atoms with Gasteiger partial charge in [0.1, 0.15) is 0 Å². The fraction of sp³-hybridized carbons (Fsp3) is 0.938. The Morgan fingerprint density at radius 2 is 2.05 bits per heavy atom. The number of rotatable bonds is 7. The van der Waals surface area contributed by atoms with E-state index in [1.54, 1.807) is 0 Å². The summed E-state index contributed by atoms with van der Waals surface area (Å²) in [4.78, 5) is 14.8. The van der Waals surface area contributed by atoms with Crippen LogP contribution >= 0.6 is 0 Å². The monoisotopic (exact) mass is 264 g/mol. The first-order valence-electron chi connectivity index (χ1n) is 8.26. The summed E-state index contributed by atoms with van der Waals surface area (Å²) in [5.74, 6) is 1.32. The average molecular weight is 264 g/mol.